The van der Waals surface area contributed by atoms with Gasteiger partial charge in [-0.15, -0.1) is 0 Å². The van der Waals surface area contributed by atoms with E-state index in [1.807, 2.05) is 4.90 Å². The summed E-state index contributed by atoms with van der Waals surface area (Å²) in [6.45, 7) is 5.40. The third kappa shape index (κ3) is 2.94. The SMILES string of the molecule is O=[N+]([O-])c1cc(Cl)c(Cl)cc1N1CCN(C2CNC2)CC1. The van der Waals surface area contributed by atoms with E-state index in [1.54, 1.807) is 6.07 Å². The summed E-state index contributed by atoms with van der Waals surface area (Å²) in [6.07, 6.45) is 0. The largest absolute Gasteiger partial charge is 0.363 e. The molecule has 6 nitrogen and oxygen atoms in total. The van der Waals surface area contributed by atoms with Crippen molar-refractivity contribution in [2.24, 2.45) is 0 Å². The van der Waals surface area contributed by atoms with Crippen LogP contribution in [0, 0.1) is 10.1 Å². The average Bonchev–Trinajstić information content (AvgIpc) is 2.40. The lowest BCUT2D eigenvalue weighted by molar-refractivity contribution is -0.384. The molecule has 1 aromatic rings. The van der Waals surface area contributed by atoms with E-state index in [9.17, 15) is 10.1 Å². The van der Waals surface area contributed by atoms with Gasteiger partial charge in [0.25, 0.3) is 5.69 Å². The van der Waals surface area contributed by atoms with Crippen LogP contribution in [0.4, 0.5) is 11.4 Å². The Morgan fingerprint density at radius 2 is 1.76 bits per heavy atom. The number of halogens is 2. The fourth-order valence-electron chi connectivity index (χ4n) is 2.78. The second-order valence-corrected chi connectivity index (χ2v) is 6.16. The van der Waals surface area contributed by atoms with Gasteiger partial charge < -0.3 is 10.2 Å². The van der Waals surface area contributed by atoms with Crippen LogP contribution in [-0.4, -0.2) is 55.1 Å². The van der Waals surface area contributed by atoms with Crippen LogP contribution in [0.25, 0.3) is 0 Å². The van der Waals surface area contributed by atoms with Crippen molar-refractivity contribution in [3.05, 3.63) is 32.3 Å². The molecule has 3 rings (SSSR count). The first kappa shape index (κ1) is 14.8. The maximum absolute atomic E-state index is 11.2. The predicted octanol–water partition coefficient (Wildman–Crippen LogP) is 2.00. The lowest BCUT2D eigenvalue weighted by Crippen LogP contribution is -2.61. The summed E-state index contributed by atoms with van der Waals surface area (Å²) in [6, 6.07) is 3.54. The summed E-state index contributed by atoms with van der Waals surface area (Å²) in [5, 5.41) is 15.0. The number of anilines is 1. The number of hydrogen-bond acceptors (Lipinski definition) is 5. The molecule has 2 aliphatic heterocycles. The zero-order valence-electron chi connectivity index (χ0n) is 11.4. The van der Waals surface area contributed by atoms with Crippen LogP contribution in [0.2, 0.25) is 10.0 Å². The Labute approximate surface area is 132 Å². The number of nitro groups is 1. The number of nitrogens with one attached hydrogen (secondary N) is 1. The van der Waals surface area contributed by atoms with Gasteiger partial charge in [-0.3, -0.25) is 15.0 Å². The quantitative estimate of drug-likeness (QED) is 0.678. The van der Waals surface area contributed by atoms with Gasteiger partial charge in [0.1, 0.15) is 5.69 Å². The molecule has 2 aliphatic rings. The molecule has 0 saturated carbocycles. The van der Waals surface area contributed by atoms with Crippen molar-refractivity contribution < 1.29 is 4.92 Å². The molecule has 0 bridgehead atoms. The second-order valence-electron chi connectivity index (χ2n) is 5.35. The van der Waals surface area contributed by atoms with E-state index in [0.717, 1.165) is 39.3 Å². The molecule has 2 heterocycles. The minimum Gasteiger partial charge on any atom is -0.363 e. The molecule has 0 amide bonds. The Hall–Kier alpha value is -1.08. The Morgan fingerprint density at radius 1 is 1.14 bits per heavy atom. The van der Waals surface area contributed by atoms with Crippen LogP contribution in [0.15, 0.2) is 12.1 Å². The molecule has 2 saturated heterocycles. The number of benzene rings is 1. The van der Waals surface area contributed by atoms with Gasteiger partial charge in [0.15, 0.2) is 0 Å². The van der Waals surface area contributed by atoms with E-state index >= 15 is 0 Å². The van der Waals surface area contributed by atoms with Gasteiger partial charge >= 0.3 is 0 Å². The van der Waals surface area contributed by atoms with Crippen molar-refractivity contribution in [2.75, 3.05) is 44.2 Å². The number of hydrogen-bond donors (Lipinski definition) is 1. The van der Waals surface area contributed by atoms with Crippen molar-refractivity contribution in [3.63, 3.8) is 0 Å². The second kappa shape index (κ2) is 5.96. The number of nitrogens with zero attached hydrogens (tertiary/aromatic N) is 3. The van der Waals surface area contributed by atoms with Gasteiger partial charge in [0, 0.05) is 51.4 Å². The molecule has 114 valence electrons. The van der Waals surface area contributed by atoms with Crippen molar-refractivity contribution in [3.8, 4) is 0 Å². The van der Waals surface area contributed by atoms with Crippen LogP contribution >= 0.6 is 23.2 Å². The highest BCUT2D eigenvalue weighted by molar-refractivity contribution is 6.42. The molecular formula is C13H16Cl2N4O2. The predicted molar refractivity (Wildman–Crippen MR) is 83.6 cm³/mol. The fraction of sp³-hybridized carbons (Fsp3) is 0.538. The maximum Gasteiger partial charge on any atom is 0.294 e. The molecule has 0 atom stereocenters. The summed E-state index contributed by atoms with van der Waals surface area (Å²) in [7, 11) is 0. The van der Waals surface area contributed by atoms with Crippen LogP contribution in [0.3, 0.4) is 0 Å². The average molecular weight is 331 g/mol. The Balaban J connectivity index is 1.77. The Bertz CT molecular complexity index is 557. The van der Waals surface area contributed by atoms with Gasteiger partial charge in [-0.25, -0.2) is 0 Å². The van der Waals surface area contributed by atoms with Gasteiger partial charge in [-0.05, 0) is 6.07 Å². The van der Waals surface area contributed by atoms with E-state index in [2.05, 4.69) is 10.2 Å². The molecule has 0 aromatic heterocycles. The zero-order valence-corrected chi connectivity index (χ0v) is 12.9. The molecule has 21 heavy (non-hydrogen) atoms. The summed E-state index contributed by atoms with van der Waals surface area (Å²) in [5.41, 5.74) is 0.573. The minimum absolute atomic E-state index is 0.0168. The van der Waals surface area contributed by atoms with Gasteiger partial charge in [-0.2, -0.15) is 0 Å². The fourth-order valence-corrected chi connectivity index (χ4v) is 3.10. The monoisotopic (exact) mass is 330 g/mol. The van der Waals surface area contributed by atoms with E-state index < -0.39 is 4.92 Å². The van der Waals surface area contributed by atoms with Crippen LogP contribution in [0.1, 0.15) is 0 Å². The van der Waals surface area contributed by atoms with Crippen LogP contribution in [-0.2, 0) is 0 Å². The summed E-state index contributed by atoms with van der Waals surface area (Å²) >= 11 is 11.9. The third-order valence-electron chi connectivity index (χ3n) is 4.15. The molecule has 1 N–H and O–H groups in total. The molecule has 0 unspecified atom stereocenters. The highest BCUT2D eigenvalue weighted by atomic mass is 35.5. The van der Waals surface area contributed by atoms with Crippen molar-refractivity contribution in [1.82, 2.24) is 10.2 Å². The zero-order chi connectivity index (χ0) is 15.0. The Morgan fingerprint density at radius 3 is 2.29 bits per heavy atom. The highest BCUT2D eigenvalue weighted by Crippen LogP contribution is 2.36. The third-order valence-corrected chi connectivity index (χ3v) is 4.87. The van der Waals surface area contributed by atoms with Crippen LogP contribution < -0.4 is 10.2 Å². The summed E-state index contributed by atoms with van der Waals surface area (Å²) in [4.78, 5) is 15.3. The smallest absolute Gasteiger partial charge is 0.294 e. The maximum atomic E-state index is 11.2. The molecular weight excluding hydrogens is 315 g/mol. The molecule has 0 aliphatic carbocycles. The molecule has 2 fully saturated rings. The number of nitro benzene ring substituents is 1. The molecule has 0 radical (unpaired) electrons. The van der Waals surface area contributed by atoms with Crippen molar-refractivity contribution in [1.29, 1.82) is 0 Å². The standard InChI is InChI=1S/C13H16Cl2N4O2/c14-10-5-12(13(19(20)21)6-11(10)15)18-3-1-17(2-4-18)9-7-16-8-9/h5-6,9,16H,1-4,7-8H2. The first-order chi connectivity index (χ1) is 10.1. The number of rotatable bonds is 3. The topological polar surface area (TPSA) is 61.7 Å². The Kier molecular flexibility index (Phi) is 4.21. The van der Waals surface area contributed by atoms with E-state index in [4.69, 9.17) is 23.2 Å². The minimum atomic E-state index is -0.403. The van der Waals surface area contributed by atoms with Gasteiger partial charge in [0.05, 0.1) is 15.0 Å². The normalized spacial score (nSPS) is 20.4. The van der Waals surface area contributed by atoms with Gasteiger partial charge in [-0.1, -0.05) is 23.2 Å². The number of piperazine rings is 1. The molecule has 0 spiro atoms. The van der Waals surface area contributed by atoms with E-state index in [1.165, 1.54) is 6.07 Å². The lowest BCUT2D eigenvalue weighted by atomic mass is 10.1. The van der Waals surface area contributed by atoms with E-state index in [0.29, 0.717) is 16.8 Å². The summed E-state index contributed by atoms with van der Waals surface area (Å²) < 4.78 is 0. The van der Waals surface area contributed by atoms with E-state index in [-0.39, 0.29) is 10.7 Å². The van der Waals surface area contributed by atoms with Gasteiger partial charge in [0.2, 0.25) is 0 Å². The summed E-state index contributed by atoms with van der Waals surface area (Å²) in [5.74, 6) is 0. The first-order valence-electron chi connectivity index (χ1n) is 6.89. The highest BCUT2D eigenvalue weighted by Gasteiger charge is 2.30. The van der Waals surface area contributed by atoms with Crippen molar-refractivity contribution in [2.45, 2.75) is 6.04 Å². The lowest BCUT2D eigenvalue weighted by Gasteiger charge is -2.43. The molecule has 8 heteroatoms. The molecule has 1 aromatic carbocycles. The van der Waals surface area contributed by atoms with Crippen LogP contribution in [0.5, 0.6) is 0 Å². The van der Waals surface area contributed by atoms with Crippen molar-refractivity contribution >= 4 is 34.6 Å². The first-order valence-corrected chi connectivity index (χ1v) is 7.65.